The molecule has 0 aliphatic heterocycles. The number of esters is 1. The third-order valence-electron chi connectivity index (χ3n) is 2.11. The molecule has 1 aromatic rings. The van der Waals surface area contributed by atoms with Gasteiger partial charge >= 0.3 is 5.97 Å². The van der Waals surface area contributed by atoms with Crippen LogP contribution in [0.5, 0.6) is 0 Å². The molecule has 0 fully saturated rings. The lowest BCUT2D eigenvalue weighted by Gasteiger charge is -2.09. The molecule has 4 heteroatoms. The van der Waals surface area contributed by atoms with Crippen molar-refractivity contribution in [2.24, 2.45) is 5.92 Å². The first-order valence-electron chi connectivity index (χ1n) is 4.98. The van der Waals surface area contributed by atoms with Crippen molar-refractivity contribution in [3.8, 4) is 6.07 Å². The van der Waals surface area contributed by atoms with Crippen molar-refractivity contribution in [1.82, 2.24) is 0 Å². The number of benzene rings is 1. The van der Waals surface area contributed by atoms with Gasteiger partial charge in [-0.2, -0.15) is 5.26 Å². The van der Waals surface area contributed by atoms with Gasteiger partial charge in [0.1, 0.15) is 5.92 Å². The molecule has 0 aliphatic rings. The highest BCUT2D eigenvalue weighted by Crippen LogP contribution is 2.19. The third kappa shape index (κ3) is 3.25. The van der Waals surface area contributed by atoms with E-state index in [-0.39, 0.29) is 13.0 Å². The monoisotopic (exact) mass is 237 g/mol. The van der Waals surface area contributed by atoms with Crippen molar-refractivity contribution in [3.05, 3.63) is 34.9 Å². The van der Waals surface area contributed by atoms with Crippen LogP contribution in [0.1, 0.15) is 12.5 Å². The second kappa shape index (κ2) is 6.14. The highest BCUT2D eigenvalue weighted by molar-refractivity contribution is 6.31. The fraction of sp³-hybridized carbons (Fsp3) is 0.333. The van der Waals surface area contributed by atoms with Gasteiger partial charge in [0.25, 0.3) is 0 Å². The number of nitriles is 1. The van der Waals surface area contributed by atoms with E-state index in [1.54, 1.807) is 25.1 Å². The van der Waals surface area contributed by atoms with Gasteiger partial charge in [-0.15, -0.1) is 0 Å². The Morgan fingerprint density at radius 2 is 2.25 bits per heavy atom. The zero-order valence-corrected chi connectivity index (χ0v) is 9.70. The van der Waals surface area contributed by atoms with Crippen LogP contribution >= 0.6 is 11.6 Å². The molecular weight excluding hydrogens is 226 g/mol. The number of rotatable bonds is 4. The number of ether oxygens (including phenoxy) is 1. The lowest BCUT2D eigenvalue weighted by Crippen LogP contribution is -2.18. The normalized spacial score (nSPS) is 11.6. The van der Waals surface area contributed by atoms with Crippen LogP contribution in [-0.2, 0) is 16.0 Å². The second-order valence-electron chi connectivity index (χ2n) is 3.23. The predicted molar refractivity (Wildman–Crippen MR) is 60.9 cm³/mol. The SMILES string of the molecule is CCOC(=O)[C@H](C#N)Cc1ccccc1Cl. The van der Waals surface area contributed by atoms with Gasteiger partial charge in [0.05, 0.1) is 12.7 Å². The maximum absolute atomic E-state index is 11.4. The molecule has 0 unspecified atom stereocenters. The smallest absolute Gasteiger partial charge is 0.323 e. The number of carbonyl (C=O) groups excluding carboxylic acids is 1. The minimum atomic E-state index is -0.792. The Bertz CT molecular complexity index is 412. The number of hydrogen-bond acceptors (Lipinski definition) is 3. The van der Waals surface area contributed by atoms with E-state index >= 15 is 0 Å². The van der Waals surface area contributed by atoms with E-state index in [2.05, 4.69) is 0 Å². The molecule has 1 rings (SSSR count). The Balaban J connectivity index is 2.75. The summed E-state index contributed by atoms with van der Waals surface area (Å²) in [6.45, 7) is 1.99. The summed E-state index contributed by atoms with van der Waals surface area (Å²) in [5, 5.41) is 9.44. The number of hydrogen-bond donors (Lipinski definition) is 0. The van der Waals surface area contributed by atoms with E-state index < -0.39 is 11.9 Å². The van der Waals surface area contributed by atoms with Gasteiger partial charge in [0, 0.05) is 11.4 Å². The van der Waals surface area contributed by atoms with Crippen molar-refractivity contribution in [2.75, 3.05) is 6.61 Å². The zero-order valence-electron chi connectivity index (χ0n) is 8.94. The van der Waals surface area contributed by atoms with E-state index in [0.717, 1.165) is 5.56 Å². The molecule has 0 spiro atoms. The number of nitrogens with zero attached hydrogens (tertiary/aromatic N) is 1. The first-order valence-corrected chi connectivity index (χ1v) is 5.36. The molecule has 0 N–H and O–H groups in total. The highest BCUT2D eigenvalue weighted by atomic mass is 35.5. The van der Waals surface area contributed by atoms with Crippen molar-refractivity contribution < 1.29 is 9.53 Å². The molecule has 84 valence electrons. The van der Waals surface area contributed by atoms with Gasteiger partial charge in [0.15, 0.2) is 0 Å². The summed E-state index contributed by atoms with van der Waals surface area (Å²) in [4.78, 5) is 11.4. The average molecular weight is 238 g/mol. The van der Waals surface area contributed by atoms with Crippen LogP contribution in [-0.4, -0.2) is 12.6 Å². The largest absolute Gasteiger partial charge is 0.465 e. The van der Waals surface area contributed by atoms with Crippen molar-refractivity contribution in [2.45, 2.75) is 13.3 Å². The van der Waals surface area contributed by atoms with Crippen LogP contribution in [0.2, 0.25) is 5.02 Å². The Morgan fingerprint density at radius 1 is 1.56 bits per heavy atom. The summed E-state index contributed by atoms with van der Waals surface area (Å²) in [5.74, 6) is -1.29. The number of halogens is 1. The van der Waals surface area contributed by atoms with Crippen LogP contribution in [0, 0.1) is 17.2 Å². The summed E-state index contributed by atoms with van der Waals surface area (Å²) in [6.07, 6.45) is 0.287. The maximum Gasteiger partial charge on any atom is 0.323 e. The molecule has 1 aromatic carbocycles. The average Bonchev–Trinajstić information content (AvgIpc) is 2.28. The molecular formula is C12H12ClNO2. The Kier molecular flexibility index (Phi) is 4.81. The quantitative estimate of drug-likeness (QED) is 0.757. The van der Waals surface area contributed by atoms with Crippen LogP contribution in [0.15, 0.2) is 24.3 Å². The second-order valence-corrected chi connectivity index (χ2v) is 3.64. The van der Waals surface area contributed by atoms with E-state index in [0.29, 0.717) is 5.02 Å². The molecule has 3 nitrogen and oxygen atoms in total. The Hall–Kier alpha value is -1.53. The van der Waals surface area contributed by atoms with E-state index in [1.807, 2.05) is 12.1 Å². The Morgan fingerprint density at radius 3 is 2.81 bits per heavy atom. The molecule has 0 saturated heterocycles. The first kappa shape index (κ1) is 12.5. The fourth-order valence-electron chi connectivity index (χ4n) is 1.31. The highest BCUT2D eigenvalue weighted by Gasteiger charge is 2.20. The van der Waals surface area contributed by atoms with Gasteiger partial charge in [0.2, 0.25) is 0 Å². The van der Waals surface area contributed by atoms with Crippen LogP contribution < -0.4 is 0 Å². The van der Waals surface area contributed by atoms with Gasteiger partial charge in [-0.25, -0.2) is 0 Å². The molecule has 0 aromatic heterocycles. The lowest BCUT2D eigenvalue weighted by molar-refractivity contribution is -0.145. The van der Waals surface area contributed by atoms with E-state index in [4.69, 9.17) is 21.6 Å². The molecule has 1 atom stereocenters. The third-order valence-corrected chi connectivity index (χ3v) is 2.48. The van der Waals surface area contributed by atoms with Crippen LogP contribution in [0.25, 0.3) is 0 Å². The van der Waals surface area contributed by atoms with Gasteiger partial charge in [-0.3, -0.25) is 4.79 Å². The topological polar surface area (TPSA) is 50.1 Å². The molecule has 16 heavy (non-hydrogen) atoms. The predicted octanol–water partition coefficient (Wildman–Crippen LogP) is 2.59. The molecule has 0 aliphatic carbocycles. The molecule has 0 bridgehead atoms. The minimum Gasteiger partial charge on any atom is -0.465 e. The maximum atomic E-state index is 11.4. The van der Waals surface area contributed by atoms with Crippen LogP contribution in [0.4, 0.5) is 0 Å². The minimum absolute atomic E-state index is 0.277. The summed E-state index contributed by atoms with van der Waals surface area (Å²) in [5.41, 5.74) is 0.781. The lowest BCUT2D eigenvalue weighted by atomic mass is 10.0. The van der Waals surface area contributed by atoms with Gasteiger partial charge in [-0.1, -0.05) is 29.8 Å². The molecule has 0 amide bonds. The molecule has 0 saturated carbocycles. The summed E-state index contributed by atoms with van der Waals surface area (Å²) in [6, 6.07) is 9.08. The van der Waals surface area contributed by atoms with Crippen molar-refractivity contribution in [3.63, 3.8) is 0 Å². The van der Waals surface area contributed by atoms with E-state index in [9.17, 15) is 4.79 Å². The number of carbonyl (C=O) groups is 1. The standard InChI is InChI=1S/C12H12ClNO2/c1-2-16-12(15)10(8-14)7-9-5-3-4-6-11(9)13/h3-6,10H,2,7H2,1H3/t10-/m0/s1. The van der Waals surface area contributed by atoms with E-state index in [1.165, 1.54) is 0 Å². The first-order chi connectivity index (χ1) is 7.69. The van der Waals surface area contributed by atoms with Crippen LogP contribution in [0.3, 0.4) is 0 Å². The Labute approximate surface area is 99.6 Å². The fourth-order valence-corrected chi connectivity index (χ4v) is 1.52. The summed E-state index contributed by atoms with van der Waals surface area (Å²) < 4.78 is 4.80. The van der Waals surface area contributed by atoms with Gasteiger partial charge in [-0.05, 0) is 18.6 Å². The molecule has 0 radical (unpaired) electrons. The van der Waals surface area contributed by atoms with Crippen molar-refractivity contribution in [1.29, 1.82) is 5.26 Å². The zero-order chi connectivity index (χ0) is 12.0. The van der Waals surface area contributed by atoms with Crippen molar-refractivity contribution >= 4 is 17.6 Å². The molecule has 0 heterocycles. The van der Waals surface area contributed by atoms with Gasteiger partial charge < -0.3 is 4.74 Å². The summed E-state index contributed by atoms with van der Waals surface area (Å²) >= 11 is 5.95. The summed E-state index contributed by atoms with van der Waals surface area (Å²) in [7, 11) is 0.